The SMILES string of the molecule is COc1cccc(CN2CCN(C3CCN(C4CC4)C3=O)CC2C)n1. The topological polar surface area (TPSA) is 48.9 Å². The summed E-state index contributed by atoms with van der Waals surface area (Å²) in [5.41, 5.74) is 1.04. The highest BCUT2D eigenvalue weighted by Crippen LogP contribution is 2.32. The molecule has 1 amide bonds. The minimum Gasteiger partial charge on any atom is -0.481 e. The van der Waals surface area contributed by atoms with Gasteiger partial charge in [-0.05, 0) is 32.3 Å². The lowest BCUT2D eigenvalue weighted by Gasteiger charge is -2.41. The molecule has 3 fully saturated rings. The molecule has 4 rings (SSSR count). The molecular formula is C19H28N4O2. The fourth-order valence-corrected chi connectivity index (χ4v) is 4.18. The first-order chi connectivity index (χ1) is 12.2. The van der Waals surface area contributed by atoms with Crippen molar-refractivity contribution in [1.82, 2.24) is 19.7 Å². The molecule has 25 heavy (non-hydrogen) atoms. The summed E-state index contributed by atoms with van der Waals surface area (Å²) in [4.78, 5) is 24.2. The summed E-state index contributed by atoms with van der Waals surface area (Å²) < 4.78 is 5.22. The quantitative estimate of drug-likeness (QED) is 0.807. The van der Waals surface area contributed by atoms with Gasteiger partial charge in [-0.1, -0.05) is 6.07 Å². The summed E-state index contributed by atoms with van der Waals surface area (Å²) in [5, 5.41) is 0. The average molecular weight is 344 g/mol. The molecule has 3 aliphatic rings. The van der Waals surface area contributed by atoms with E-state index in [1.54, 1.807) is 7.11 Å². The van der Waals surface area contributed by atoms with Crippen molar-refractivity contribution in [3.05, 3.63) is 23.9 Å². The normalized spacial score (nSPS) is 28.6. The molecule has 0 N–H and O–H groups in total. The van der Waals surface area contributed by atoms with Crippen LogP contribution in [0.4, 0.5) is 0 Å². The Bertz CT molecular complexity index is 634. The lowest BCUT2D eigenvalue weighted by atomic mass is 10.1. The van der Waals surface area contributed by atoms with E-state index in [-0.39, 0.29) is 6.04 Å². The molecule has 0 radical (unpaired) electrons. The summed E-state index contributed by atoms with van der Waals surface area (Å²) in [6, 6.07) is 7.00. The summed E-state index contributed by atoms with van der Waals surface area (Å²) in [7, 11) is 1.65. The smallest absolute Gasteiger partial charge is 0.240 e. The number of pyridine rings is 1. The number of rotatable bonds is 5. The second-order valence-electron chi connectivity index (χ2n) is 7.55. The first-order valence-electron chi connectivity index (χ1n) is 9.44. The Morgan fingerprint density at radius 2 is 2.04 bits per heavy atom. The number of methoxy groups -OCH3 is 1. The van der Waals surface area contributed by atoms with Gasteiger partial charge in [-0.3, -0.25) is 14.6 Å². The number of piperazine rings is 1. The Balaban J connectivity index is 1.35. The Hall–Kier alpha value is -1.66. The van der Waals surface area contributed by atoms with E-state index in [0.29, 0.717) is 23.9 Å². The molecule has 0 spiro atoms. The maximum Gasteiger partial charge on any atom is 0.240 e. The zero-order valence-electron chi connectivity index (χ0n) is 15.2. The van der Waals surface area contributed by atoms with Gasteiger partial charge in [-0.15, -0.1) is 0 Å². The summed E-state index contributed by atoms with van der Waals surface area (Å²) in [5.74, 6) is 1.04. The monoisotopic (exact) mass is 344 g/mol. The summed E-state index contributed by atoms with van der Waals surface area (Å²) in [6.07, 6.45) is 3.41. The van der Waals surface area contributed by atoms with Crippen LogP contribution in [0.1, 0.15) is 31.9 Å². The van der Waals surface area contributed by atoms with E-state index >= 15 is 0 Å². The van der Waals surface area contributed by atoms with Crippen LogP contribution < -0.4 is 4.74 Å². The van der Waals surface area contributed by atoms with Crippen molar-refractivity contribution < 1.29 is 9.53 Å². The van der Waals surface area contributed by atoms with Crippen LogP contribution in [0.15, 0.2) is 18.2 Å². The Morgan fingerprint density at radius 3 is 2.76 bits per heavy atom. The molecule has 6 heteroatoms. The predicted molar refractivity (Wildman–Crippen MR) is 95.4 cm³/mol. The molecule has 2 saturated heterocycles. The van der Waals surface area contributed by atoms with Crippen molar-refractivity contribution in [2.45, 2.75) is 50.9 Å². The number of hydrogen-bond donors (Lipinski definition) is 0. The lowest BCUT2D eigenvalue weighted by molar-refractivity contribution is -0.133. The van der Waals surface area contributed by atoms with Crippen LogP contribution in [0.25, 0.3) is 0 Å². The van der Waals surface area contributed by atoms with E-state index < -0.39 is 0 Å². The third-order valence-corrected chi connectivity index (χ3v) is 5.79. The van der Waals surface area contributed by atoms with E-state index in [1.165, 1.54) is 12.8 Å². The molecule has 0 bridgehead atoms. The number of carbonyl (C=O) groups is 1. The van der Waals surface area contributed by atoms with Crippen LogP contribution in [-0.2, 0) is 11.3 Å². The first-order valence-corrected chi connectivity index (χ1v) is 9.44. The van der Waals surface area contributed by atoms with E-state index in [4.69, 9.17) is 4.74 Å². The van der Waals surface area contributed by atoms with Gasteiger partial charge in [0.25, 0.3) is 0 Å². The Kier molecular flexibility index (Phi) is 4.65. The fourth-order valence-electron chi connectivity index (χ4n) is 4.18. The number of nitrogens with zero attached hydrogens (tertiary/aromatic N) is 4. The molecule has 2 atom stereocenters. The van der Waals surface area contributed by atoms with Crippen molar-refractivity contribution in [3.8, 4) is 5.88 Å². The molecule has 3 heterocycles. The van der Waals surface area contributed by atoms with Gasteiger partial charge >= 0.3 is 0 Å². The highest BCUT2D eigenvalue weighted by molar-refractivity contribution is 5.84. The van der Waals surface area contributed by atoms with Crippen LogP contribution in [0.2, 0.25) is 0 Å². The van der Waals surface area contributed by atoms with E-state index in [2.05, 4.69) is 32.7 Å². The maximum absolute atomic E-state index is 12.7. The van der Waals surface area contributed by atoms with Crippen molar-refractivity contribution >= 4 is 5.91 Å². The van der Waals surface area contributed by atoms with Gasteiger partial charge in [0.2, 0.25) is 11.8 Å². The molecule has 1 aliphatic carbocycles. The van der Waals surface area contributed by atoms with E-state index in [9.17, 15) is 4.79 Å². The van der Waals surface area contributed by atoms with Crippen LogP contribution in [0, 0.1) is 0 Å². The van der Waals surface area contributed by atoms with Crippen LogP contribution >= 0.6 is 0 Å². The van der Waals surface area contributed by atoms with E-state index in [0.717, 1.165) is 44.8 Å². The van der Waals surface area contributed by atoms with Gasteiger partial charge in [0.15, 0.2) is 0 Å². The summed E-state index contributed by atoms with van der Waals surface area (Å²) in [6.45, 7) is 6.94. The highest BCUT2D eigenvalue weighted by Gasteiger charge is 2.43. The van der Waals surface area contributed by atoms with Crippen molar-refractivity contribution in [2.75, 3.05) is 33.3 Å². The molecule has 1 aromatic rings. The highest BCUT2D eigenvalue weighted by atomic mass is 16.5. The standard InChI is InChI=1S/C19H28N4O2/c1-14-12-22(17-8-9-23(19(17)24)16-6-7-16)11-10-21(14)13-15-4-3-5-18(20-15)25-2/h3-5,14,16-17H,6-13H2,1-2H3. The van der Waals surface area contributed by atoms with Crippen molar-refractivity contribution in [3.63, 3.8) is 0 Å². The molecular weight excluding hydrogens is 316 g/mol. The number of likely N-dealkylation sites (tertiary alicyclic amines) is 1. The fraction of sp³-hybridized carbons (Fsp3) is 0.684. The van der Waals surface area contributed by atoms with Gasteiger partial charge in [0.05, 0.1) is 18.8 Å². The number of aromatic nitrogens is 1. The second kappa shape index (κ2) is 6.92. The average Bonchev–Trinajstić information content (AvgIpc) is 3.39. The number of carbonyl (C=O) groups excluding carboxylic acids is 1. The van der Waals surface area contributed by atoms with Crippen LogP contribution in [0.5, 0.6) is 5.88 Å². The first kappa shape index (κ1) is 16.8. The number of hydrogen-bond acceptors (Lipinski definition) is 5. The van der Waals surface area contributed by atoms with Crippen LogP contribution in [-0.4, -0.2) is 77.0 Å². The van der Waals surface area contributed by atoms with Gasteiger partial charge in [0, 0.05) is 50.9 Å². The van der Waals surface area contributed by atoms with Gasteiger partial charge < -0.3 is 9.64 Å². The minimum absolute atomic E-state index is 0.111. The third-order valence-electron chi connectivity index (χ3n) is 5.79. The lowest BCUT2D eigenvalue weighted by Crippen LogP contribution is -2.56. The zero-order valence-corrected chi connectivity index (χ0v) is 15.2. The largest absolute Gasteiger partial charge is 0.481 e. The molecule has 0 aromatic carbocycles. The predicted octanol–water partition coefficient (Wildman–Crippen LogP) is 1.36. The Labute approximate surface area is 149 Å². The molecule has 6 nitrogen and oxygen atoms in total. The number of amides is 1. The maximum atomic E-state index is 12.7. The zero-order chi connectivity index (χ0) is 17.4. The molecule has 2 unspecified atom stereocenters. The van der Waals surface area contributed by atoms with Gasteiger partial charge in [-0.2, -0.15) is 0 Å². The molecule has 136 valence electrons. The van der Waals surface area contributed by atoms with Crippen molar-refractivity contribution in [2.24, 2.45) is 0 Å². The van der Waals surface area contributed by atoms with Gasteiger partial charge in [-0.25, -0.2) is 4.98 Å². The Morgan fingerprint density at radius 1 is 1.20 bits per heavy atom. The van der Waals surface area contributed by atoms with Crippen molar-refractivity contribution in [1.29, 1.82) is 0 Å². The third kappa shape index (κ3) is 3.51. The van der Waals surface area contributed by atoms with E-state index in [1.807, 2.05) is 12.1 Å². The summed E-state index contributed by atoms with van der Waals surface area (Å²) >= 11 is 0. The second-order valence-corrected chi connectivity index (χ2v) is 7.55. The number of ether oxygens (including phenoxy) is 1. The minimum atomic E-state index is 0.111. The van der Waals surface area contributed by atoms with Crippen LogP contribution in [0.3, 0.4) is 0 Å². The van der Waals surface area contributed by atoms with Gasteiger partial charge in [0.1, 0.15) is 0 Å². The molecule has 1 saturated carbocycles. The molecule has 2 aliphatic heterocycles. The molecule has 1 aromatic heterocycles.